The predicted molar refractivity (Wildman–Crippen MR) is 109 cm³/mol. The van der Waals surface area contributed by atoms with Crippen molar-refractivity contribution in [2.75, 3.05) is 17.7 Å². The molecule has 0 spiro atoms. The van der Waals surface area contributed by atoms with Crippen LogP contribution in [0.1, 0.15) is 10.4 Å². The van der Waals surface area contributed by atoms with Gasteiger partial charge in [0.15, 0.2) is 12.4 Å². The van der Waals surface area contributed by atoms with E-state index in [-0.39, 0.29) is 16.9 Å². The van der Waals surface area contributed by atoms with Gasteiger partial charge < -0.3 is 20.5 Å². The average Bonchev–Trinajstić information content (AvgIpc) is 2.74. The lowest BCUT2D eigenvalue weighted by Gasteiger charge is -2.12. The highest BCUT2D eigenvalue weighted by atomic mass is 16.6. The second kappa shape index (κ2) is 9.20. The Morgan fingerprint density at radius 3 is 2.43 bits per heavy atom. The van der Waals surface area contributed by atoms with Crippen LogP contribution in [0.15, 0.2) is 72.8 Å². The third kappa shape index (κ3) is 5.10. The molecular formula is C21H17N3O6. The Labute approximate surface area is 171 Å². The van der Waals surface area contributed by atoms with E-state index in [0.717, 1.165) is 6.07 Å². The Bertz CT molecular complexity index is 1090. The number of carbonyl (C=O) groups is 2. The maximum absolute atomic E-state index is 12.2. The van der Waals surface area contributed by atoms with Gasteiger partial charge in [0.25, 0.3) is 11.6 Å². The molecule has 0 aliphatic carbocycles. The zero-order valence-corrected chi connectivity index (χ0v) is 15.6. The summed E-state index contributed by atoms with van der Waals surface area (Å²) in [5, 5.41) is 13.5. The zero-order valence-electron chi connectivity index (χ0n) is 15.6. The normalized spacial score (nSPS) is 10.1. The molecule has 0 saturated heterocycles. The van der Waals surface area contributed by atoms with Gasteiger partial charge in [-0.2, -0.15) is 0 Å². The first-order valence-corrected chi connectivity index (χ1v) is 8.77. The van der Waals surface area contributed by atoms with Gasteiger partial charge in [-0.15, -0.1) is 0 Å². The minimum Gasteiger partial charge on any atom is -0.455 e. The highest BCUT2D eigenvalue weighted by Crippen LogP contribution is 2.29. The summed E-state index contributed by atoms with van der Waals surface area (Å²) in [6, 6.07) is 19.2. The molecule has 0 aromatic heterocycles. The van der Waals surface area contributed by atoms with Crippen molar-refractivity contribution in [3.8, 4) is 11.5 Å². The molecule has 9 heteroatoms. The van der Waals surface area contributed by atoms with Crippen molar-refractivity contribution in [1.29, 1.82) is 0 Å². The number of nitrogen functional groups attached to an aromatic ring is 1. The van der Waals surface area contributed by atoms with E-state index in [1.165, 1.54) is 12.1 Å². The Balaban J connectivity index is 1.64. The topological polar surface area (TPSA) is 134 Å². The molecule has 3 aromatic rings. The fraction of sp³-hybridized carbons (Fsp3) is 0.0476. The number of para-hydroxylation sites is 3. The Morgan fingerprint density at radius 2 is 1.70 bits per heavy atom. The van der Waals surface area contributed by atoms with Crippen molar-refractivity contribution < 1.29 is 24.0 Å². The van der Waals surface area contributed by atoms with Crippen molar-refractivity contribution in [2.24, 2.45) is 0 Å². The van der Waals surface area contributed by atoms with Crippen LogP contribution in [0.5, 0.6) is 11.5 Å². The van der Waals surface area contributed by atoms with Crippen molar-refractivity contribution in [3.05, 3.63) is 88.5 Å². The van der Waals surface area contributed by atoms with Gasteiger partial charge in [-0.3, -0.25) is 14.9 Å². The lowest BCUT2D eigenvalue weighted by molar-refractivity contribution is -0.384. The van der Waals surface area contributed by atoms with Crippen LogP contribution in [0.25, 0.3) is 0 Å². The van der Waals surface area contributed by atoms with Crippen molar-refractivity contribution >= 4 is 28.9 Å². The van der Waals surface area contributed by atoms with Crippen molar-refractivity contribution in [3.63, 3.8) is 0 Å². The number of esters is 1. The number of hydrogen-bond acceptors (Lipinski definition) is 7. The highest BCUT2D eigenvalue weighted by Gasteiger charge is 2.18. The summed E-state index contributed by atoms with van der Waals surface area (Å²) in [5.74, 6) is -0.560. The lowest BCUT2D eigenvalue weighted by atomic mass is 10.1. The third-order valence-corrected chi connectivity index (χ3v) is 3.93. The third-order valence-electron chi connectivity index (χ3n) is 3.93. The maximum Gasteiger partial charge on any atom is 0.341 e. The quantitative estimate of drug-likeness (QED) is 0.263. The van der Waals surface area contributed by atoms with Crippen LogP contribution in [0.2, 0.25) is 0 Å². The number of carbonyl (C=O) groups excluding carboxylic acids is 2. The molecule has 0 saturated carbocycles. The number of hydrogen-bond donors (Lipinski definition) is 2. The van der Waals surface area contributed by atoms with E-state index in [1.807, 2.05) is 18.2 Å². The summed E-state index contributed by atoms with van der Waals surface area (Å²) in [6.07, 6.45) is 0. The minimum atomic E-state index is -0.944. The second-order valence-corrected chi connectivity index (χ2v) is 6.06. The van der Waals surface area contributed by atoms with Crippen LogP contribution >= 0.6 is 0 Å². The van der Waals surface area contributed by atoms with Gasteiger partial charge in [0.2, 0.25) is 0 Å². The van der Waals surface area contributed by atoms with Crippen LogP contribution in [0.4, 0.5) is 17.1 Å². The number of nitrogens with zero attached hydrogens (tertiary/aromatic N) is 1. The molecule has 9 nitrogen and oxygen atoms in total. The average molecular weight is 407 g/mol. The van der Waals surface area contributed by atoms with Gasteiger partial charge in [0.05, 0.1) is 16.2 Å². The molecule has 0 fully saturated rings. The molecule has 0 aliphatic heterocycles. The number of nitrogens with two attached hydrogens (primary N) is 1. The van der Waals surface area contributed by atoms with E-state index in [1.54, 1.807) is 36.4 Å². The van der Waals surface area contributed by atoms with Crippen LogP contribution in [-0.4, -0.2) is 23.4 Å². The number of benzene rings is 3. The number of amides is 1. The van der Waals surface area contributed by atoms with E-state index >= 15 is 0 Å². The number of non-ortho nitro benzene ring substituents is 1. The molecule has 0 aliphatic rings. The second-order valence-electron chi connectivity index (χ2n) is 6.06. The van der Waals surface area contributed by atoms with Gasteiger partial charge in [-0.05, 0) is 30.3 Å². The first-order chi connectivity index (χ1) is 14.4. The number of nitro groups is 1. The molecule has 3 N–H and O–H groups in total. The van der Waals surface area contributed by atoms with E-state index in [9.17, 15) is 19.7 Å². The fourth-order valence-corrected chi connectivity index (χ4v) is 2.50. The molecule has 0 bridgehead atoms. The number of nitrogens with one attached hydrogen (secondary N) is 1. The SMILES string of the molecule is Nc1ccc([N+](=O)[O-])cc1C(=O)OCC(=O)Nc1ccccc1Oc1ccccc1. The summed E-state index contributed by atoms with van der Waals surface area (Å²) in [4.78, 5) is 34.6. The van der Waals surface area contributed by atoms with Gasteiger partial charge in [-0.1, -0.05) is 30.3 Å². The molecular weight excluding hydrogens is 390 g/mol. The Morgan fingerprint density at radius 1 is 1.00 bits per heavy atom. The van der Waals surface area contributed by atoms with Crippen LogP contribution in [0.3, 0.4) is 0 Å². The van der Waals surface area contributed by atoms with E-state index in [0.29, 0.717) is 17.2 Å². The summed E-state index contributed by atoms with van der Waals surface area (Å²) in [7, 11) is 0. The molecule has 0 atom stereocenters. The summed E-state index contributed by atoms with van der Waals surface area (Å²) in [5.41, 5.74) is 5.56. The predicted octanol–water partition coefficient (Wildman–Crippen LogP) is 3.76. The Kier molecular flexibility index (Phi) is 6.23. The molecule has 3 aromatic carbocycles. The number of anilines is 2. The maximum atomic E-state index is 12.2. The standard InChI is InChI=1S/C21H17N3O6/c22-17-11-10-14(24(27)28)12-16(17)21(26)29-13-20(25)23-18-8-4-5-9-19(18)30-15-6-2-1-3-7-15/h1-12H,13,22H2,(H,23,25). The molecule has 3 rings (SSSR count). The van der Waals surface area contributed by atoms with Crippen LogP contribution in [-0.2, 0) is 9.53 Å². The fourth-order valence-electron chi connectivity index (χ4n) is 2.50. The van der Waals surface area contributed by atoms with Crippen LogP contribution < -0.4 is 15.8 Å². The number of ether oxygens (including phenoxy) is 2. The van der Waals surface area contributed by atoms with E-state index < -0.39 is 23.4 Å². The van der Waals surface area contributed by atoms with Crippen molar-refractivity contribution in [1.82, 2.24) is 0 Å². The first kappa shape index (κ1) is 20.3. The summed E-state index contributed by atoms with van der Waals surface area (Å²) in [6.45, 7) is -0.610. The molecule has 152 valence electrons. The number of rotatable bonds is 7. The van der Waals surface area contributed by atoms with Gasteiger partial charge in [-0.25, -0.2) is 4.79 Å². The molecule has 0 unspecified atom stereocenters. The smallest absolute Gasteiger partial charge is 0.341 e. The Hall–Kier alpha value is -4.40. The molecule has 0 radical (unpaired) electrons. The highest BCUT2D eigenvalue weighted by molar-refractivity contribution is 5.99. The van der Waals surface area contributed by atoms with Gasteiger partial charge in [0.1, 0.15) is 5.75 Å². The summed E-state index contributed by atoms with van der Waals surface area (Å²) < 4.78 is 10.7. The molecule has 0 heterocycles. The number of nitro benzene ring substituents is 1. The van der Waals surface area contributed by atoms with Crippen molar-refractivity contribution in [2.45, 2.75) is 0 Å². The van der Waals surface area contributed by atoms with Gasteiger partial charge in [0, 0.05) is 17.8 Å². The first-order valence-electron chi connectivity index (χ1n) is 8.77. The van der Waals surface area contributed by atoms with Crippen LogP contribution in [0, 0.1) is 10.1 Å². The van der Waals surface area contributed by atoms with Gasteiger partial charge >= 0.3 is 5.97 Å². The zero-order chi connectivity index (χ0) is 21.5. The molecule has 30 heavy (non-hydrogen) atoms. The summed E-state index contributed by atoms with van der Waals surface area (Å²) >= 11 is 0. The van der Waals surface area contributed by atoms with E-state index in [2.05, 4.69) is 5.32 Å². The largest absolute Gasteiger partial charge is 0.455 e. The molecule has 1 amide bonds. The van der Waals surface area contributed by atoms with E-state index in [4.69, 9.17) is 15.2 Å². The minimum absolute atomic E-state index is 0.00705. The lowest BCUT2D eigenvalue weighted by Crippen LogP contribution is -2.21. The monoisotopic (exact) mass is 407 g/mol.